The molecule has 2 amide bonds. The molecule has 2 aromatic heterocycles. The standard InChI is InChI=1S/C15H14N4O3S/c1-19-6-4-9(5-7-19)14-17-11(12(16)20)15(23-14)18-13(21)10-3-2-8-22-10/h2-6,8H,7H2,1H3,(H2,16,20)(H,18,21). The van der Waals surface area contributed by atoms with Crippen molar-refractivity contribution in [3.05, 3.63) is 53.2 Å². The first kappa shape index (κ1) is 15.0. The summed E-state index contributed by atoms with van der Waals surface area (Å²) in [5.41, 5.74) is 6.28. The summed E-state index contributed by atoms with van der Waals surface area (Å²) in [7, 11) is 1.95. The fourth-order valence-corrected chi connectivity index (χ4v) is 2.99. The van der Waals surface area contributed by atoms with E-state index in [1.54, 1.807) is 6.07 Å². The first-order chi connectivity index (χ1) is 11.0. The lowest BCUT2D eigenvalue weighted by Gasteiger charge is -2.15. The predicted molar refractivity (Wildman–Crippen MR) is 87.0 cm³/mol. The molecule has 3 N–H and O–H groups in total. The van der Waals surface area contributed by atoms with Gasteiger partial charge in [-0.2, -0.15) is 0 Å². The van der Waals surface area contributed by atoms with E-state index < -0.39 is 11.8 Å². The third-order valence-corrected chi connectivity index (χ3v) is 4.21. The Labute approximate surface area is 136 Å². The highest BCUT2D eigenvalue weighted by molar-refractivity contribution is 7.17. The number of primary amides is 1. The van der Waals surface area contributed by atoms with E-state index in [0.29, 0.717) is 10.0 Å². The molecule has 0 radical (unpaired) electrons. The Kier molecular flexibility index (Phi) is 3.98. The Balaban J connectivity index is 1.89. The van der Waals surface area contributed by atoms with Gasteiger partial charge in [0.2, 0.25) is 0 Å². The molecular weight excluding hydrogens is 316 g/mol. The number of likely N-dealkylation sites (N-methyl/N-ethyl adjacent to an activating group) is 1. The maximum atomic E-state index is 12.1. The Morgan fingerprint density at radius 3 is 2.91 bits per heavy atom. The number of carbonyl (C=O) groups excluding carboxylic acids is 2. The van der Waals surface area contributed by atoms with E-state index in [1.807, 2.05) is 30.3 Å². The molecule has 118 valence electrons. The second-order valence-electron chi connectivity index (χ2n) is 4.91. The zero-order chi connectivity index (χ0) is 16.4. The average Bonchev–Trinajstić information content (AvgIpc) is 3.17. The number of hydrogen-bond donors (Lipinski definition) is 2. The highest BCUT2D eigenvalue weighted by Crippen LogP contribution is 2.31. The highest BCUT2D eigenvalue weighted by Gasteiger charge is 2.21. The van der Waals surface area contributed by atoms with Gasteiger partial charge in [-0.15, -0.1) is 0 Å². The van der Waals surface area contributed by atoms with E-state index in [0.717, 1.165) is 12.1 Å². The van der Waals surface area contributed by atoms with Crippen molar-refractivity contribution in [2.75, 3.05) is 18.9 Å². The van der Waals surface area contributed by atoms with Crippen LogP contribution in [-0.2, 0) is 0 Å². The summed E-state index contributed by atoms with van der Waals surface area (Å²) in [6.07, 6.45) is 7.20. The van der Waals surface area contributed by atoms with Crippen LogP contribution in [0.15, 0.2) is 41.2 Å². The third kappa shape index (κ3) is 3.16. The van der Waals surface area contributed by atoms with E-state index >= 15 is 0 Å². The zero-order valence-corrected chi connectivity index (χ0v) is 13.1. The van der Waals surface area contributed by atoms with Crippen molar-refractivity contribution in [2.45, 2.75) is 0 Å². The molecule has 0 fully saturated rings. The van der Waals surface area contributed by atoms with Crippen LogP contribution in [0.3, 0.4) is 0 Å². The number of thiazole rings is 1. The second kappa shape index (κ2) is 6.09. The number of amides is 2. The summed E-state index contributed by atoms with van der Waals surface area (Å²) in [4.78, 5) is 29.9. The largest absolute Gasteiger partial charge is 0.459 e. The fraction of sp³-hybridized carbons (Fsp3) is 0.133. The Morgan fingerprint density at radius 1 is 1.48 bits per heavy atom. The van der Waals surface area contributed by atoms with Gasteiger partial charge in [0, 0.05) is 19.2 Å². The van der Waals surface area contributed by atoms with Crippen LogP contribution in [0.1, 0.15) is 26.1 Å². The number of nitrogens with two attached hydrogens (primary N) is 1. The highest BCUT2D eigenvalue weighted by atomic mass is 32.1. The maximum Gasteiger partial charge on any atom is 0.292 e. The summed E-state index contributed by atoms with van der Waals surface area (Å²) < 4.78 is 5.03. The van der Waals surface area contributed by atoms with Crippen LogP contribution < -0.4 is 11.1 Å². The van der Waals surface area contributed by atoms with Crippen molar-refractivity contribution in [3.8, 4) is 0 Å². The smallest absolute Gasteiger partial charge is 0.292 e. The van der Waals surface area contributed by atoms with Crippen LogP contribution in [0, 0.1) is 0 Å². The van der Waals surface area contributed by atoms with Crippen LogP contribution in [0.25, 0.3) is 5.57 Å². The topological polar surface area (TPSA) is 101 Å². The van der Waals surface area contributed by atoms with Gasteiger partial charge in [-0.3, -0.25) is 9.59 Å². The van der Waals surface area contributed by atoms with Gasteiger partial charge >= 0.3 is 0 Å². The van der Waals surface area contributed by atoms with Crippen LogP contribution in [0.5, 0.6) is 0 Å². The Hall–Kier alpha value is -2.87. The molecule has 0 bridgehead atoms. The Bertz CT molecular complexity index is 805. The van der Waals surface area contributed by atoms with Crippen molar-refractivity contribution in [1.29, 1.82) is 0 Å². The molecule has 1 aliphatic rings. The summed E-state index contributed by atoms with van der Waals surface area (Å²) in [5, 5.41) is 3.55. The molecule has 3 heterocycles. The second-order valence-corrected chi connectivity index (χ2v) is 5.91. The zero-order valence-electron chi connectivity index (χ0n) is 12.3. The average molecular weight is 330 g/mol. The van der Waals surface area contributed by atoms with Crippen LogP contribution in [0.4, 0.5) is 5.00 Å². The van der Waals surface area contributed by atoms with Gasteiger partial charge in [0.25, 0.3) is 11.8 Å². The van der Waals surface area contributed by atoms with Crippen molar-refractivity contribution >= 4 is 33.7 Å². The van der Waals surface area contributed by atoms with Gasteiger partial charge in [-0.25, -0.2) is 4.98 Å². The molecule has 7 nitrogen and oxygen atoms in total. The number of carbonyl (C=O) groups is 2. The van der Waals surface area contributed by atoms with Crippen molar-refractivity contribution < 1.29 is 14.0 Å². The molecule has 0 spiro atoms. The van der Waals surface area contributed by atoms with Gasteiger partial charge < -0.3 is 20.4 Å². The maximum absolute atomic E-state index is 12.1. The SMILES string of the molecule is CN1C=CC(c2nc(C(N)=O)c(NC(=O)c3ccco3)s2)=CC1. The van der Waals surface area contributed by atoms with Gasteiger partial charge in [0.15, 0.2) is 11.5 Å². The van der Waals surface area contributed by atoms with Gasteiger partial charge in [-0.1, -0.05) is 17.4 Å². The molecule has 1 aliphatic heterocycles. The predicted octanol–water partition coefficient (Wildman–Crippen LogP) is 1.93. The molecule has 0 saturated heterocycles. The molecule has 0 aliphatic carbocycles. The molecule has 8 heteroatoms. The lowest BCUT2D eigenvalue weighted by Crippen LogP contribution is -2.17. The number of nitrogens with zero attached hydrogens (tertiary/aromatic N) is 2. The number of allylic oxidation sites excluding steroid dienone is 2. The van der Waals surface area contributed by atoms with Crippen molar-refractivity contribution in [1.82, 2.24) is 9.88 Å². The fourth-order valence-electron chi connectivity index (χ4n) is 2.01. The molecule has 0 unspecified atom stereocenters. The summed E-state index contributed by atoms with van der Waals surface area (Å²) >= 11 is 1.20. The molecule has 2 aromatic rings. The minimum Gasteiger partial charge on any atom is -0.459 e. The van der Waals surface area contributed by atoms with E-state index in [2.05, 4.69) is 10.3 Å². The quantitative estimate of drug-likeness (QED) is 0.892. The van der Waals surface area contributed by atoms with E-state index in [4.69, 9.17) is 10.2 Å². The minimum absolute atomic E-state index is 0.0399. The lowest BCUT2D eigenvalue weighted by atomic mass is 10.2. The monoisotopic (exact) mass is 330 g/mol. The first-order valence-electron chi connectivity index (χ1n) is 6.79. The minimum atomic E-state index is -0.695. The van der Waals surface area contributed by atoms with Crippen LogP contribution in [-0.4, -0.2) is 35.3 Å². The van der Waals surface area contributed by atoms with Crippen LogP contribution >= 0.6 is 11.3 Å². The van der Waals surface area contributed by atoms with Gasteiger partial charge in [0.05, 0.1) is 6.26 Å². The molecule has 0 atom stereocenters. The molecule has 23 heavy (non-hydrogen) atoms. The van der Waals surface area contributed by atoms with Crippen molar-refractivity contribution in [2.24, 2.45) is 5.73 Å². The van der Waals surface area contributed by atoms with Crippen molar-refractivity contribution in [3.63, 3.8) is 0 Å². The van der Waals surface area contributed by atoms with E-state index in [9.17, 15) is 9.59 Å². The normalized spacial score (nSPS) is 13.8. The van der Waals surface area contributed by atoms with Gasteiger partial charge in [-0.05, 0) is 24.4 Å². The summed E-state index contributed by atoms with van der Waals surface area (Å²) in [6.45, 7) is 0.741. The Morgan fingerprint density at radius 2 is 2.30 bits per heavy atom. The first-order valence-corrected chi connectivity index (χ1v) is 7.60. The number of nitrogens with one attached hydrogen (secondary N) is 1. The number of rotatable bonds is 4. The van der Waals surface area contributed by atoms with E-state index in [1.165, 1.54) is 23.7 Å². The molecule has 0 saturated carbocycles. The van der Waals surface area contributed by atoms with E-state index in [-0.39, 0.29) is 11.5 Å². The lowest BCUT2D eigenvalue weighted by molar-refractivity contribution is 0.0997. The summed E-state index contributed by atoms with van der Waals surface area (Å²) in [5.74, 6) is -1.01. The number of aromatic nitrogens is 1. The van der Waals surface area contributed by atoms with Crippen LogP contribution in [0.2, 0.25) is 0 Å². The number of furan rings is 1. The number of hydrogen-bond acceptors (Lipinski definition) is 6. The number of anilines is 1. The molecule has 0 aromatic carbocycles. The third-order valence-electron chi connectivity index (χ3n) is 3.19. The molecular formula is C15H14N4O3S. The van der Waals surface area contributed by atoms with Gasteiger partial charge in [0.1, 0.15) is 10.0 Å². The summed E-state index contributed by atoms with van der Waals surface area (Å²) in [6, 6.07) is 3.14. The molecule has 3 rings (SSSR count).